The lowest BCUT2D eigenvalue weighted by Crippen LogP contribution is -2.62. The van der Waals surface area contributed by atoms with E-state index in [-0.39, 0.29) is 5.88 Å². The number of nitrogens with zero attached hydrogens (tertiary/aromatic N) is 3. The fraction of sp³-hybridized carbons (Fsp3) is 0.667. The first-order valence-corrected chi connectivity index (χ1v) is 4.91. The molecule has 94 valence electrons. The van der Waals surface area contributed by atoms with Crippen LogP contribution in [0.4, 0.5) is 10.7 Å². The quantitative estimate of drug-likeness (QED) is 0.726. The van der Waals surface area contributed by atoms with Crippen molar-refractivity contribution in [2.45, 2.75) is 6.85 Å². The Morgan fingerprint density at radius 3 is 3.41 bits per heavy atom. The van der Waals surface area contributed by atoms with Crippen LogP contribution in [0.1, 0.15) is 13.7 Å². The summed E-state index contributed by atoms with van der Waals surface area (Å²) in [5.74, 6) is -0.113. The maximum absolute atomic E-state index is 11.5. The molecule has 1 aliphatic heterocycles. The van der Waals surface area contributed by atoms with Gasteiger partial charge in [-0.15, -0.1) is 5.01 Å². The van der Waals surface area contributed by atoms with Crippen molar-refractivity contribution in [3.8, 4) is 0 Å². The topological polar surface area (TPSA) is 80.7 Å². The van der Waals surface area contributed by atoms with Crippen LogP contribution in [0, 0.1) is 0 Å². The first-order chi connectivity index (χ1) is 10.2. The Kier molecular flexibility index (Phi) is 2.19. The number of hydrogen-bond acceptors (Lipinski definition) is 6. The molecule has 8 nitrogen and oxygen atoms in total. The SMILES string of the molecule is [2H]C([2H])([2H])C([2H])([2H])OC(=O)Nc1c[n+](N2CCOCC2)no1. The summed E-state index contributed by atoms with van der Waals surface area (Å²) in [5, 5.41) is 7.54. The van der Waals surface area contributed by atoms with Crippen LogP contribution < -0.4 is 15.1 Å². The summed E-state index contributed by atoms with van der Waals surface area (Å²) in [6, 6.07) is 0. The minimum Gasteiger partial charge on any atom is -0.450 e. The minimum absolute atomic E-state index is 0.113. The van der Waals surface area contributed by atoms with Gasteiger partial charge in [-0.2, -0.15) is 0 Å². The maximum Gasteiger partial charge on any atom is 0.414 e. The summed E-state index contributed by atoms with van der Waals surface area (Å²) in [6.45, 7) is -3.98. The predicted molar refractivity (Wildman–Crippen MR) is 56.1 cm³/mol. The summed E-state index contributed by atoms with van der Waals surface area (Å²) >= 11 is 0. The number of nitrogens with one attached hydrogen (secondary N) is 1. The van der Waals surface area contributed by atoms with Gasteiger partial charge in [-0.25, -0.2) is 4.79 Å². The predicted octanol–water partition coefficient (Wildman–Crippen LogP) is -0.501. The molecule has 0 aliphatic carbocycles. The van der Waals surface area contributed by atoms with Gasteiger partial charge in [0.25, 0.3) is 6.20 Å². The van der Waals surface area contributed by atoms with Crippen LogP contribution in [0.2, 0.25) is 0 Å². The molecule has 0 bridgehead atoms. The van der Waals surface area contributed by atoms with Gasteiger partial charge < -0.3 is 9.47 Å². The molecular weight excluding hydrogens is 228 g/mol. The average Bonchev–Trinajstić information content (AvgIpc) is 2.86. The van der Waals surface area contributed by atoms with Crippen LogP contribution in [0.15, 0.2) is 10.7 Å². The van der Waals surface area contributed by atoms with E-state index in [1.807, 2.05) is 0 Å². The Morgan fingerprint density at radius 2 is 2.65 bits per heavy atom. The van der Waals surface area contributed by atoms with Crippen LogP contribution in [0.25, 0.3) is 0 Å². The standard InChI is InChI=1S/C9H14N4O4/c1-2-16-9(14)10-8-7-13(11-17-8)12-3-5-15-6-4-12/h7H,2-6H2,1H3/p+1/i1D3,2D2. The van der Waals surface area contributed by atoms with Gasteiger partial charge in [0.1, 0.15) is 0 Å². The Hall–Kier alpha value is -1.83. The number of ether oxygens (including phenoxy) is 2. The molecule has 2 rings (SSSR count). The fourth-order valence-electron chi connectivity index (χ4n) is 1.36. The van der Waals surface area contributed by atoms with Gasteiger partial charge in [-0.1, -0.05) is 0 Å². The zero-order chi connectivity index (χ0) is 16.4. The van der Waals surface area contributed by atoms with Gasteiger partial charge in [-0.3, -0.25) is 9.84 Å². The normalized spacial score (nSPS) is 21.6. The number of anilines is 1. The van der Waals surface area contributed by atoms with Gasteiger partial charge in [0.2, 0.25) is 5.27 Å². The lowest BCUT2D eigenvalue weighted by molar-refractivity contribution is -0.759. The average molecular weight is 248 g/mol. The molecule has 8 heteroatoms. The van der Waals surface area contributed by atoms with E-state index in [2.05, 4.69) is 15.3 Å². The summed E-state index contributed by atoms with van der Waals surface area (Å²) < 4.78 is 49.5. The van der Waals surface area contributed by atoms with Crippen molar-refractivity contribution in [1.29, 1.82) is 0 Å². The molecule has 17 heavy (non-hydrogen) atoms. The van der Waals surface area contributed by atoms with Crippen molar-refractivity contribution in [2.75, 3.05) is 43.2 Å². The Balaban J connectivity index is 1.93. The number of hydrogen-bond donors (Lipinski definition) is 1. The van der Waals surface area contributed by atoms with E-state index in [4.69, 9.17) is 16.1 Å². The van der Waals surface area contributed by atoms with Gasteiger partial charge in [0.15, 0.2) is 0 Å². The molecule has 1 aliphatic rings. The van der Waals surface area contributed by atoms with E-state index >= 15 is 0 Å². The zero-order valence-electron chi connectivity index (χ0n) is 13.9. The van der Waals surface area contributed by atoms with E-state index in [0.29, 0.717) is 26.3 Å². The summed E-state index contributed by atoms with van der Waals surface area (Å²) in [6.07, 6.45) is 0.0451. The van der Waals surface area contributed by atoms with E-state index in [1.54, 1.807) is 5.01 Å². The van der Waals surface area contributed by atoms with Gasteiger partial charge >= 0.3 is 12.0 Å². The lowest BCUT2D eigenvalue weighted by atomic mass is 10.5. The molecule has 0 spiro atoms. The molecule has 0 aromatic carbocycles. The molecule has 1 aromatic rings. The van der Waals surface area contributed by atoms with E-state index < -0.39 is 19.5 Å². The molecule has 0 saturated carbocycles. The third kappa shape index (κ3) is 3.06. The van der Waals surface area contributed by atoms with Gasteiger partial charge in [-0.05, 0) is 6.85 Å². The second-order valence-electron chi connectivity index (χ2n) is 3.17. The number of amides is 1. The zero-order valence-corrected chi connectivity index (χ0v) is 8.88. The molecule has 1 fully saturated rings. The Morgan fingerprint density at radius 1 is 1.82 bits per heavy atom. The number of morpholine rings is 1. The van der Waals surface area contributed by atoms with Crippen LogP contribution in [0.3, 0.4) is 0 Å². The molecule has 0 radical (unpaired) electrons. The summed E-state index contributed by atoms with van der Waals surface area (Å²) in [4.78, 5) is 12.9. The van der Waals surface area contributed by atoms with Crippen LogP contribution >= 0.6 is 0 Å². The van der Waals surface area contributed by atoms with Gasteiger partial charge in [0, 0.05) is 4.11 Å². The molecule has 1 N–H and O–H groups in total. The number of aromatic nitrogens is 2. The highest BCUT2D eigenvalue weighted by Crippen LogP contribution is 2.01. The van der Waals surface area contributed by atoms with Crippen molar-refractivity contribution < 1.29 is 30.4 Å². The van der Waals surface area contributed by atoms with Crippen molar-refractivity contribution in [2.24, 2.45) is 0 Å². The highest BCUT2D eigenvalue weighted by molar-refractivity contribution is 5.82. The molecule has 0 unspecified atom stereocenters. The summed E-state index contributed by atoms with van der Waals surface area (Å²) in [7, 11) is 0. The van der Waals surface area contributed by atoms with Crippen LogP contribution in [-0.4, -0.2) is 44.2 Å². The van der Waals surface area contributed by atoms with Crippen molar-refractivity contribution in [3.05, 3.63) is 6.20 Å². The molecular formula is C9H15N4O4+. The van der Waals surface area contributed by atoms with Gasteiger partial charge in [0.05, 0.1) is 40.4 Å². The van der Waals surface area contributed by atoms with Crippen LogP contribution in [0.5, 0.6) is 0 Å². The third-order valence-corrected chi connectivity index (χ3v) is 2.10. The number of carbonyl (C=O) groups excluding carboxylic acids is 1. The highest BCUT2D eigenvalue weighted by atomic mass is 16.6. The van der Waals surface area contributed by atoms with Crippen molar-refractivity contribution in [1.82, 2.24) is 5.27 Å². The minimum atomic E-state index is -3.11. The number of rotatable bonds is 3. The molecule has 1 aromatic heterocycles. The van der Waals surface area contributed by atoms with E-state index in [1.165, 1.54) is 11.0 Å². The Labute approximate surface area is 105 Å². The van der Waals surface area contributed by atoms with Crippen molar-refractivity contribution in [3.63, 3.8) is 0 Å². The maximum atomic E-state index is 11.5. The lowest BCUT2D eigenvalue weighted by Gasteiger charge is -2.18. The largest absolute Gasteiger partial charge is 0.450 e. The Bertz CT molecular complexity index is 528. The van der Waals surface area contributed by atoms with E-state index in [0.717, 1.165) is 0 Å². The first-order valence-electron chi connectivity index (χ1n) is 7.41. The molecule has 1 amide bonds. The molecule has 0 atom stereocenters. The van der Waals surface area contributed by atoms with Crippen LogP contribution in [-0.2, 0) is 9.47 Å². The second kappa shape index (κ2) is 5.48. The first kappa shape index (κ1) is 6.80. The number of carbonyl (C=O) groups is 1. The molecule has 1 saturated heterocycles. The van der Waals surface area contributed by atoms with Crippen molar-refractivity contribution >= 4 is 12.0 Å². The highest BCUT2D eigenvalue weighted by Gasteiger charge is 2.23. The second-order valence-corrected chi connectivity index (χ2v) is 3.17. The fourth-order valence-corrected chi connectivity index (χ4v) is 1.36. The van der Waals surface area contributed by atoms with E-state index in [9.17, 15) is 4.79 Å². The third-order valence-electron chi connectivity index (χ3n) is 2.10. The molecule has 2 heterocycles. The monoisotopic (exact) mass is 248 g/mol. The summed E-state index contributed by atoms with van der Waals surface area (Å²) in [5.41, 5.74) is 0. The smallest absolute Gasteiger partial charge is 0.414 e.